The van der Waals surface area contributed by atoms with Crippen LogP contribution in [0.25, 0.3) is 20.2 Å². The number of nitrogens with zero attached hydrogens (tertiary/aromatic N) is 3. The third kappa shape index (κ3) is 4.39. The first-order chi connectivity index (χ1) is 15.0. The van der Waals surface area contributed by atoms with Gasteiger partial charge in [-0.1, -0.05) is 31.5 Å². The van der Waals surface area contributed by atoms with Crippen LogP contribution in [0.3, 0.4) is 0 Å². The number of piperidine rings is 1. The van der Waals surface area contributed by atoms with Crippen molar-refractivity contribution in [1.82, 2.24) is 20.0 Å². The van der Waals surface area contributed by atoms with Crippen molar-refractivity contribution in [1.29, 1.82) is 0 Å². The van der Waals surface area contributed by atoms with E-state index in [9.17, 15) is 9.59 Å². The molecule has 2 aromatic heterocycles. The molecule has 3 heterocycles. The smallest absolute Gasteiger partial charge is 0.276 e. The second kappa shape index (κ2) is 9.49. The number of hydrogen-bond donors (Lipinski definition) is 1. The molecule has 0 aliphatic carbocycles. The van der Waals surface area contributed by atoms with Crippen LogP contribution in [0.4, 0.5) is 0 Å². The summed E-state index contributed by atoms with van der Waals surface area (Å²) >= 11 is 1.58. The van der Waals surface area contributed by atoms with Crippen molar-refractivity contribution in [3.63, 3.8) is 0 Å². The van der Waals surface area contributed by atoms with E-state index in [1.54, 1.807) is 18.3 Å². The minimum atomic E-state index is -0.646. The highest BCUT2D eigenvalue weighted by Crippen LogP contribution is 2.32. The van der Waals surface area contributed by atoms with Gasteiger partial charge in [0.15, 0.2) is 0 Å². The summed E-state index contributed by atoms with van der Waals surface area (Å²) in [7, 11) is 0. The van der Waals surface area contributed by atoms with Gasteiger partial charge in [-0.05, 0) is 52.1 Å². The van der Waals surface area contributed by atoms with Gasteiger partial charge in [0.25, 0.3) is 5.56 Å². The van der Waals surface area contributed by atoms with Crippen molar-refractivity contribution >= 4 is 37.4 Å². The molecule has 1 saturated heterocycles. The first kappa shape index (κ1) is 22.0. The number of fused-ring (bicyclic) bond motifs is 3. The van der Waals surface area contributed by atoms with Crippen LogP contribution < -0.4 is 10.9 Å². The molecular weight excluding hydrogens is 408 g/mol. The molecule has 0 unspecified atom stereocenters. The number of carbonyl (C=O) groups excluding carboxylic acids is 1. The highest BCUT2D eigenvalue weighted by molar-refractivity contribution is 7.26. The molecule has 0 radical (unpaired) electrons. The summed E-state index contributed by atoms with van der Waals surface area (Å²) in [5.41, 5.74) is 0.589. The van der Waals surface area contributed by atoms with Gasteiger partial charge in [-0.15, -0.1) is 11.3 Å². The SMILES string of the molecule is CC[C@H]1CCCCN1CCCNC(=O)[C@H](C)n1nc(C)c2sc3ccccc3c2c1=O. The van der Waals surface area contributed by atoms with Crippen LogP contribution in [0.2, 0.25) is 0 Å². The molecule has 0 bridgehead atoms. The molecule has 6 nitrogen and oxygen atoms in total. The van der Waals surface area contributed by atoms with Gasteiger partial charge in [0.1, 0.15) is 6.04 Å². The number of nitrogens with one attached hydrogen (secondary N) is 1. The van der Waals surface area contributed by atoms with E-state index >= 15 is 0 Å². The highest BCUT2D eigenvalue weighted by Gasteiger charge is 2.23. The third-order valence-electron chi connectivity index (χ3n) is 6.49. The Morgan fingerprint density at radius 2 is 2.13 bits per heavy atom. The Labute approximate surface area is 187 Å². The molecule has 1 fully saturated rings. The number of thiophene rings is 1. The van der Waals surface area contributed by atoms with Crippen LogP contribution in [-0.4, -0.2) is 46.3 Å². The Hall–Kier alpha value is -2.25. The first-order valence-corrected chi connectivity index (χ1v) is 12.2. The zero-order valence-electron chi connectivity index (χ0n) is 18.7. The minimum Gasteiger partial charge on any atom is -0.354 e. The standard InChI is InChI=1S/C24H32N4O2S/c1-4-18-10-7-8-14-27(18)15-9-13-25-23(29)17(3)28-24(30)21-19-11-5-6-12-20(19)31-22(21)16(2)26-28/h5-6,11-12,17-18H,4,7-10,13-15H2,1-3H3,(H,25,29)/t17-,18-/m0/s1. The fourth-order valence-corrected chi connectivity index (χ4v) is 5.85. The maximum Gasteiger partial charge on any atom is 0.276 e. The molecule has 0 saturated carbocycles. The number of rotatable bonds is 7. The molecule has 4 rings (SSSR count). The average Bonchev–Trinajstić information content (AvgIpc) is 3.19. The summed E-state index contributed by atoms with van der Waals surface area (Å²) in [5.74, 6) is -0.154. The summed E-state index contributed by atoms with van der Waals surface area (Å²) in [5, 5.41) is 9.11. The lowest BCUT2D eigenvalue weighted by Gasteiger charge is -2.35. The van der Waals surface area contributed by atoms with Gasteiger partial charge in [-0.2, -0.15) is 5.10 Å². The number of hydrogen-bond acceptors (Lipinski definition) is 5. The molecule has 1 aliphatic heterocycles. The second-order valence-electron chi connectivity index (χ2n) is 8.55. The fourth-order valence-electron chi connectivity index (χ4n) is 4.71. The van der Waals surface area contributed by atoms with Gasteiger partial charge < -0.3 is 10.2 Å². The average molecular weight is 441 g/mol. The molecule has 3 aromatic rings. The number of aryl methyl sites for hydroxylation is 1. The number of carbonyl (C=O) groups is 1. The van der Waals surface area contributed by atoms with E-state index in [4.69, 9.17) is 0 Å². The lowest BCUT2D eigenvalue weighted by molar-refractivity contribution is -0.124. The molecular formula is C24H32N4O2S. The maximum atomic E-state index is 13.2. The van der Waals surface area contributed by atoms with Crippen molar-refractivity contribution in [2.75, 3.05) is 19.6 Å². The zero-order chi connectivity index (χ0) is 22.0. The lowest BCUT2D eigenvalue weighted by Crippen LogP contribution is -2.41. The number of aromatic nitrogens is 2. The Kier molecular flexibility index (Phi) is 6.72. The van der Waals surface area contributed by atoms with Crippen LogP contribution in [0.15, 0.2) is 29.1 Å². The molecule has 1 amide bonds. The zero-order valence-corrected chi connectivity index (χ0v) is 19.5. The van der Waals surface area contributed by atoms with E-state index in [1.165, 1.54) is 30.4 Å². The molecule has 166 valence electrons. The Balaban J connectivity index is 1.44. The summed E-state index contributed by atoms with van der Waals surface area (Å²) < 4.78 is 3.32. The van der Waals surface area contributed by atoms with Crippen LogP contribution in [-0.2, 0) is 4.79 Å². The molecule has 1 N–H and O–H groups in total. The summed E-state index contributed by atoms with van der Waals surface area (Å²) in [4.78, 5) is 28.6. The van der Waals surface area contributed by atoms with Crippen LogP contribution in [0, 0.1) is 6.92 Å². The van der Waals surface area contributed by atoms with Crippen molar-refractivity contribution in [2.24, 2.45) is 0 Å². The van der Waals surface area contributed by atoms with E-state index in [-0.39, 0.29) is 11.5 Å². The van der Waals surface area contributed by atoms with Gasteiger partial charge in [0.05, 0.1) is 15.8 Å². The fraction of sp³-hybridized carbons (Fsp3) is 0.542. The Morgan fingerprint density at radius 1 is 1.32 bits per heavy atom. The second-order valence-corrected chi connectivity index (χ2v) is 9.60. The first-order valence-electron chi connectivity index (χ1n) is 11.4. The Bertz CT molecular complexity index is 1140. The maximum absolute atomic E-state index is 13.2. The predicted molar refractivity (Wildman–Crippen MR) is 128 cm³/mol. The largest absolute Gasteiger partial charge is 0.354 e. The van der Waals surface area contributed by atoms with Gasteiger partial charge >= 0.3 is 0 Å². The summed E-state index contributed by atoms with van der Waals surface area (Å²) in [6, 6.07) is 7.94. The van der Waals surface area contributed by atoms with Crippen LogP contribution in [0.5, 0.6) is 0 Å². The van der Waals surface area contributed by atoms with Gasteiger partial charge in [0, 0.05) is 29.2 Å². The topological polar surface area (TPSA) is 67.2 Å². The molecule has 31 heavy (non-hydrogen) atoms. The van der Waals surface area contributed by atoms with Crippen molar-refractivity contribution in [3.8, 4) is 0 Å². The van der Waals surface area contributed by atoms with Crippen molar-refractivity contribution in [3.05, 3.63) is 40.3 Å². The summed E-state index contributed by atoms with van der Waals surface area (Å²) in [6.07, 6.45) is 6.00. The summed E-state index contributed by atoms with van der Waals surface area (Å²) in [6.45, 7) is 8.70. The van der Waals surface area contributed by atoms with Crippen LogP contribution >= 0.6 is 11.3 Å². The van der Waals surface area contributed by atoms with E-state index in [0.29, 0.717) is 18.0 Å². The van der Waals surface area contributed by atoms with Gasteiger partial charge in [0.2, 0.25) is 5.91 Å². The van der Waals surface area contributed by atoms with Gasteiger partial charge in [-0.3, -0.25) is 9.59 Å². The van der Waals surface area contributed by atoms with Gasteiger partial charge in [-0.25, -0.2) is 4.68 Å². The molecule has 0 spiro atoms. The number of amides is 1. The van der Waals surface area contributed by atoms with Crippen molar-refractivity contribution in [2.45, 2.75) is 65.0 Å². The van der Waals surface area contributed by atoms with Crippen molar-refractivity contribution < 1.29 is 4.79 Å². The predicted octanol–water partition coefficient (Wildman–Crippen LogP) is 4.25. The van der Waals surface area contributed by atoms with E-state index in [0.717, 1.165) is 40.0 Å². The lowest BCUT2D eigenvalue weighted by atomic mass is 10.00. The minimum absolute atomic E-state index is 0.154. The van der Waals surface area contributed by atoms with E-state index < -0.39 is 6.04 Å². The normalized spacial score (nSPS) is 18.5. The highest BCUT2D eigenvalue weighted by atomic mass is 32.1. The molecule has 1 aliphatic rings. The van der Waals surface area contributed by atoms with E-state index in [1.807, 2.05) is 31.2 Å². The molecule has 1 aromatic carbocycles. The number of likely N-dealkylation sites (tertiary alicyclic amines) is 1. The quantitative estimate of drug-likeness (QED) is 0.558. The number of benzene rings is 1. The third-order valence-corrected chi connectivity index (χ3v) is 7.77. The van der Waals surface area contributed by atoms with E-state index in [2.05, 4.69) is 22.2 Å². The molecule has 7 heteroatoms. The Morgan fingerprint density at radius 3 is 2.94 bits per heavy atom. The molecule has 2 atom stereocenters. The monoisotopic (exact) mass is 440 g/mol. The van der Waals surface area contributed by atoms with Crippen LogP contribution in [0.1, 0.15) is 57.7 Å².